The molecule has 0 saturated carbocycles. The van der Waals surface area contributed by atoms with E-state index >= 15 is 0 Å². The highest BCUT2D eigenvalue weighted by molar-refractivity contribution is 5.95. The molecule has 4 nitrogen and oxygen atoms in total. The Kier molecular flexibility index (Phi) is 6.81. The highest BCUT2D eigenvalue weighted by Crippen LogP contribution is 2.27. The Morgan fingerprint density at radius 1 is 1.45 bits per heavy atom. The van der Waals surface area contributed by atoms with Crippen molar-refractivity contribution < 1.29 is 22.7 Å². The summed E-state index contributed by atoms with van der Waals surface area (Å²) in [7, 11) is 0. The van der Waals surface area contributed by atoms with Gasteiger partial charge in [-0.05, 0) is 26.0 Å². The molecule has 0 aromatic heterocycles. The van der Waals surface area contributed by atoms with E-state index < -0.39 is 24.7 Å². The fraction of sp³-hybridized carbons (Fsp3) is 0.417. The molecule has 0 aliphatic heterocycles. The lowest BCUT2D eigenvalue weighted by molar-refractivity contribution is -0.153. The van der Waals surface area contributed by atoms with E-state index in [9.17, 15) is 18.0 Å². The highest BCUT2D eigenvalue weighted by Gasteiger charge is 2.28. The van der Waals surface area contributed by atoms with Gasteiger partial charge in [0.15, 0.2) is 6.61 Å². The molecule has 0 bridgehead atoms. The molecule has 20 heavy (non-hydrogen) atoms. The van der Waals surface area contributed by atoms with E-state index in [0.717, 1.165) is 0 Å². The van der Waals surface area contributed by atoms with Crippen molar-refractivity contribution in [1.82, 2.24) is 0 Å². The molecule has 0 radical (unpaired) electrons. The van der Waals surface area contributed by atoms with Gasteiger partial charge >= 0.3 is 6.18 Å². The molecule has 0 fully saturated rings. The molecular weight excluding hydrogens is 297 g/mol. The SMILES string of the molecule is Cc1c(NC(=O)[C@H](C)N)cccc1OCC(F)(F)F.Cl. The van der Waals surface area contributed by atoms with Gasteiger partial charge in [-0.2, -0.15) is 13.2 Å². The van der Waals surface area contributed by atoms with E-state index in [0.29, 0.717) is 11.3 Å². The smallest absolute Gasteiger partial charge is 0.422 e. The first kappa shape index (κ1) is 18.5. The summed E-state index contributed by atoms with van der Waals surface area (Å²) in [6, 6.07) is 3.76. The van der Waals surface area contributed by atoms with Gasteiger partial charge in [-0.15, -0.1) is 12.4 Å². The standard InChI is InChI=1S/C12H15F3N2O2.ClH/c1-7-9(17-11(18)8(2)16)4-3-5-10(7)19-6-12(13,14)15;/h3-5,8H,6,16H2,1-2H3,(H,17,18);1H/t8-;/m0./s1. The lowest BCUT2D eigenvalue weighted by Crippen LogP contribution is -2.32. The number of nitrogens with two attached hydrogens (primary N) is 1. The van der Waals surface area contributed by atoms with Crippen LogP contribution in [0.5, 0.6) is 5.75 Å². The van der Waals surface area contributed by atoms with Crippen molar-refractivity contribution in [2.24, 2.45) is 5.73 Å². The number of hydrogen-bond donors (Lipinski definition) is 2. The average molecular weight is 313 g/mol. The minimum Gasteiger partial charge on any atom is -0.484 e. The second kappa shape index (κ2) is 7.35. The first-order chi connectivity index (χ1) is 8.70. The predicted octanol–water partition coefficient (Wildman–Crippen LogP) is 2.64. The molecule has 3 N–H and O–H groups in total. The van der Waals surface area contributed by atoms with Crippen molar-refractivity contribution in [3.05, 3.63) is 23.8 Å². The van der Waals surface area contributed by atoms with Crippen LogP contribution in [-0.2, 0) is 4.79 Å². The molecule has 0 unspecified atom stereocenters. The third-order valence-electron chi connectivity index (χ3n) is 2.35. The number of hydrogen-bond acceptors (Lipinski definition) is 3. The first-order valence-electron chi connectivity index (χ1n) is 5.56. The molecule has 1 aromatic carbocycles. The minimum absolute atomic E-state index is 0. The van der Waals surface area contributed by atoms with Crippen molar-refractivity contribution in [3.63, 3.8) is 0 Å². The second-order valence-electron chi connectivity index (χ2n) is 4.11. The van der Waals surface area contributed by atoms with Crippen molar-refractivity contribution in [1.29, 1.82) is 0 Å². The minimum atomic E-state index is -4.41. The Hall–Kier alpha value is -1.47. The van der Waals surface area contributed by atoms with Crippen LogP contribution in [0.2, 0.25) is 0 Å². The molecule has 0 spiro atoms. The first-order valence-corrected chi connectivity index (χ1v) is 5.56. The number of benzene rings is 1. The van der Waals surface area contributed by atoms with Gasteiger partial charge in [-0.3, -0.25) is 4.79 Å². The maximum atomic E-state index is 12.1. The van der Waals surface area contributed by atoms with Crippen LogP contribution in [0.4, 0.5) is 18.9 Å². The summed E-state index contributed by atoms with van der Waals surface area (Å²) >= 11 is 0. The summed E-state index contributed by atoms with van der Waals surface area (Å²) in [5, 5.41) is 2.52. The van der Waals surface area contributed by atoms with Crippen LogP contribution in [0, 0.1) is 6.92 Å². The average Bonchev–Trinajstić information content (AvgIpc) is 2.28. The topological polar surface area (TPSA) is 64.4 Å². The number of carbonyl (C=O) groups is 1. The number of anilines is 1. The van der Waals surface area contributed by atoms with Crippen LogP contribution in [0.1, 0.15) is 12.5 Å². The van der Waals surface area contributed by atoms with Crippen molar-refractivity contribution in [2.45, 2.75) is 26.1 Å². The van der Waals surface area contributed by atoms with E-state index in [1.165, 1.54) is 19.1 Å². The molecule has 0 saturated heterocycles. The number of alkyl halides is 3. The summed E-state index contributed by atoms with van der Waals surface area (Å²) in [6.07, 6.45) is -4.41. The van der Waals surface area contributed by atoms with Crippen molar-refractivity contribution in [2.75, 3.05) is 11.9 Å². The zero-order valence-electron chi connectivity index (χ0n) is 11.0. The van der Waals surface area contributed by atoms with Gasteiger partial charge in [-0.25, -0.2) is 0 Å². The molecule has 1 aromatic rings. The Bertz CT molecular complexity index is 465. The van der Waals surface area contributed by atoms with Gasteiger partial charge in [0.2, 0.25) is 5.91 Å². The zero-order chi connectivity index (χ0) is 14.6. The predicted molar refractivity (Wildman–Crippen MR) is 72.3 cm³/mol. The number of amides is 1. The monoisotopic (exact) mass is 312 g/mol. The maximum Gasteiger partial charge on any atom is 0.422 e. The third kappa shape index (κ3) is 5.66. The number of carbonyl (C=O) groups excluding carboxylic acids is 1. The molecule has 1 rings (SSSR count). The van der Waals surface area contributed by atoms with Gasteiger partial charge < -0.3 is 15.8 Å². The lowest BCUT2D eigenvalue weighted by Gasteiger charge is -2.15. The van der Waals surface area contributed by atoms with Crippen LogP contribution in [-0.4, -0.2) is 24.7 Å². The van der Waals surface area contributed by atoms with Crippen molar-refractivity contribution in [3.8, 4) is 5.75 Å². The molecule has 0 heterocycles. The Labute approximate surface area is 120 Å². The number of ether oxygens (including phenoxy) is 1. The molecule has 8 heteroatoms. The largest absolute Gasteiger partial charge is 0.484 e. The van der Waals surface area contributed by atoms with E-state index in [1.54, 1.807) is 13.0 Å². The normalized spacial score (nSPS) is 12.3. The van der Waals surface area contributed by atoms with Gasteiger partial charge in [0, 0.05) is 11.3 Å². The Balaban J connectivity index is 0.00000361. The molecule has 114 valence electrons. The third-order valence-corrected chi connectivity index (χ3v) is 2.35. The number of rotatable bonds is 4. The van der Waals surface area contributed by atoms with Gasteiger partial charge in [0.25, 0.3) is 0 Å². The van der Waals surface area contributed by atoms with E-state index in [1.807, 2.05) is 0 Å². The number of halogens is 4. The molecule has 0 aliphatic rings. The maximum absolute atomic E-state index is 12.1. The zero-order valence-corrected chi connectivity index (χ0v) is 11.8. The molecule has 1 atom stereocenters. The van der Waals surface area contributed by atoms with Crippen LogP contribution in [0.25, 0.3) is 0 Å². The van der Waals surface area contributed by atoms with Crippen LogP contribution in [0.15, 0.2) is 18.2 Å². The van der Waals surface area contributed by atoms with E-state index in [-0.39, 0.29) is 18.2 Å². The summed E-state index contributed by atoms with van der Waals surface area (Å²) in [4.78, 5) is 11.4. The van der Waals surface area contributed by atoms with E-state index in [4.69, 9.17) is 5.73 Å². The van der Waals surface area contributed by atoms with Gasteiger partial charge in [0.1, 0.15) is 5.75 Å². The summed E-state index contributed by atoms with van der Waals surface area (Å²) in [5.74, 6) is -0.351. The summed E-state index contributed by atoms with van der Waals surface area (Å²) in [5.41, 5.74) is 6.19. The summed E-state index contributed by atoms with van der Waals surface area (Å²) < 4.78 is 40.9. The fourth-order valence-corrected chi connectivity index (χ4v) is 1.31. The van der Waals surface area contributed by atoms with Crippen LogP contribution < -0.4 is 15.8 Å². The summed E-state index contributed by atoms with van der Waals surface area (Å²) in [6.45, 7) is 1.69. The Morgan fingerprint density at radius 2 is 2.05 bits per heavy atom. The molecular formula is C12H16ClF3N2O2. The number of nitrogens with one attached hydrogen (secondary N) is 1. The molecule has 0 aliphatic carbocycles. The van der Waals surface area contributed by atoms with Gasteiger partial charge in [0.05, 0.1) is 6.04 Å². The van der Waals surface area contributed by atoms with E-state index in [2.05, 4.69) is 10.1 Å². The quantitative estimate of drug-likeness (QED) is 0.898. The van der Waals surface area contributed by atoms with Crippen molar-refractivity contribution >= 4 is 24.0 Å². The van der Waals surface area contributed by atoms with Gasteiger partial charge in [-0.1, -0.05) is 6.07 Å². The Morgan fingerprint density at radius 3 is 2.55 bits per heavy atom. The highest BCUT2D eigenvalue weighted by atomic mass is 35.5. The fourth-order valence-electron chi connectivity index (χ4n) is 1.31. The van der Waals surface area contributed by atoms with Crippen LogP contribution >= 0.6 is 12.4 Å². The molecule has 1 amide bonds. The van der Waals surface area contributed by atoms with Crippen LogP contribution in [0.3, 0.4) is 0 Å². The lowest BCUT2D eigenvalue weighted by atomic mass is 10.1. The second-order valence-corrected chi connectivity index (χ2v) is 4.11.